The van der Waals surface area contributed by atoms with Crippen molar-refractivity contribution < 1.29 is 17.9 Å². The van der Waals surface area contributed by atoms with E-state index < -0.39 is 11.7 Å². The lowest BCUT2D eigenvalue weighted by Crippen LogP contribution is -2.48. The van der Waals surface area contributed by atoms with E-state index in [9.17, 15) is 13.2 Å². The predicted octanol–water partition coefficient (Wildman–Crippen LogP) is 3.80. The van der Waals surface area contributed by atoms with E-state index in [2.05, 4.69) is 31.5 Å². The Balaban J connectivity index is 1.43. The Morgan fingerprint density at radius 3 is 2.61 bits per heavy atom. The number of benzene rings is 2. The molecule has 0 radical (unpaired) electrons. The molecule has 36 heavy (non-hydrogen) atoms. The zero-order valence-electron chi connectivity index (χ0n) is 19.8. The highest BCUT2D eigenvalue weighted by Crippen LogP contribution is 2.34. The van der Waals surface area contributed by atoms with Gasteiger partial charge in [0.1, 0.15) is 0 Å². The summed E-state index contributed by atoms with van der Waals surface area (Å²) in [7, 11) is 1.63. The number of piperazine rings is 1. The lowest BCUT2D eigenvalue weighted by atomic mass is 10.0. The number of aromatic nitrogens is 5. The fraction of sp³-hybridized carbons (Fsp3) is 0.360. The number of rotatable bonds is 7. The molecule has 0 amide bonds. The van der Waals surface area contributed by atoms with Gasteiger partial charge in [0.15, 0.2) is 5.82 Å². The molecule has 1 unspecified atom stereocenters. The number of anilines is 1. The standard InChI is InChI=1S/C25H26F3N7O/c1-36-15-14-35-24(30-31-32-35)23(19-7-8-22-18(16-19)4-3-9-29-22)34-12-10-33(11-13-34)21-6-2-5-20(17-21)25(26,27)28/h2-9,16-17,23H,10-15H2,1H3. The molecule has 0 N–H and O–H groups in total. The second kappa shape index (κ2) is 10.2. The number of alkyl halides is 3. The molecule has 188 valence electrons. The molecule has 1 aliphatic heterocycles. The van der Waals surface area contributed by atoms with Gasteiger partial charge in [0.05, 0.1) is 30.3 Å². The minimum absolute atomic E-state index is 0.231. The summed E-state index contributed by atoms with van der Waals surface area (Å²) in [6.45, 7) is 3.38. The maximum Gasteiger partial charge on any atom is 0.416 e. The monoisotopic (exact) mass is 497 g/mol. The average molecular weight is 498 g/mol. The maximum atomic E-state index is 13.2. The van der Waals surface area contributed by atoms with Crippen LogP contribution in [0.3, 0.4) is 0 Å². The highest BCUT2D eigenvalue weighted by Gasteiger charge is 2.33. The van der Waals surface area contributed by atoms with E-state index in [1.807, 2.05) is 29.2 Å². The van der Waals surface area contributed by atoms with E-state index in [0.717, 1.165) is 22.5 Å². The second-order valence-corrected chi connectivity index (χ2v) is 8.68. The summed E-state index contributed by atoms with van der Waals surface area (Å²) < 4.78 is 46.7. The number of nitrogens with zero attached hydrogens (tertiary/aromatic N) is 7. The lowest BCUT2D eigenvalue weighted by molar-refractivity contribution is -0.137. The molecule has 11 heteroatoms. The number of tetrazole rings is 1. The summed E-state index contributed by atoms with van der Waals surface area (Å²) in [5.74, 6) is 0.697. The lowest BCUT2D eigenvalue weighted by Gasteiger charge is -2.40. The summed E-state index contributed by atoms with van der Waals surface area (Å²) in [5.41, 5.74) is 1.86. The molecule has 8 nitrogen and oxygen atoms in total. The van der Waals surface area contributed by atoms with Gasteiger partial charge in [-0.15, -0.1) is 5.10 Å². The van der Waals surface area contributed by atoms with E-state index in [0.29, 0.717) is 50.8 Å². The summed E-state index contributed by atoms with van der Waals surface area (Å²) in [6, 6.07) is 15.3. The van der Waals surface area contributed by atoms with Gasteiger partial charge in [-0.05, 0) is 52.4 Å². The maximum absolute atomic E-state index is 13.2. The van der Waals surface area contributed by atoms with Crippen molar-refractivity contribution in [1.29, 1.82) is 0 Å². The molecule has 0 aliphatic carbocycles. The molecular weight excluding hydrogens is 471 g/mol. The first kappa shape index (κ1) is 24.1. The molecule has 2 aromatic carbocycles. The Labute approximate surface area is 206 Å². The third-order valence-corrected chi connectivity index (χ3v) is 6.47. The van der Waals surface area contributed by atoms with E-state index in [-0.39, 0.29) is 6.04 Å². The second-order valence-electron chi connectivity index (χ2n) is 8.68. The number of halogens is 3. The van der Waals surface area contributed by atoms with Gasteiger partial charge < -0.3 is 9.64 Å². The molecule has 0 bridgehead atoms. The number of methoxy groups -OCH3 is 1. The fourth-order valence-corrected chi connectivity index (χ4v) is 4.65. The van der Waals surface area contributed by atoms with Crippen LogP contribution in [0.2, 0.25) is 0 Å². The Morgan fingerprint density at radius 2 is 1.83 bits per heavy atom. The zero-order valence-corrected chi connectivity index (χ0v) is 19.8. The Bertz CT molecular complexity index is 1320. The molecule has 1 fully saturated rings. The minimum Gasteiger partial charge on any atom is -0.383 e. The molecule has 0 saturated carbocycles. The van der Waals surface area contributed by atoms with E-state index in [1.165, 1.54) is 12.1 Å². The predicted molar refractivity (Wildman–Crippen MR) is 129 cm³/mol. The average Bonchev–Trinajstić information content (AvgIpc) is 3.35. The molecule has 2 aromatic heterocycles. The van der Waals surface area contributed by atoms with Crippen LogP contribution in [0.5, 0.6) is 0 Å². The molecular formula is C25H26F3N7O. The topological polar surface area (TPSA) is 72.2 Å². The van der Waals surface area contributed by atoms with Gasteiger partial charge in [0.25, 0.3) is 0 Å². The first-order valence-corrected chi connectivity index (χ1v) is 11.7. The van der Waals surface area contributed by atoms with Crippen LogP contribution in [0.1, 0.15) is 23.0 Å². The molecule has 1 saturated heterocycles. The van der Waals surface area contributed by atoms with E-state index >= 15 is 0 Å². The molecule has 5 rings (SSSR count). The highest BCUT2D eigenvalue weighted by molar-refractivity contribution is 5.79. The summed E-state index contributed by atoms with van der Waals surface area (Å²) in [5, 5.41) is 13.5. The largest absolute Gasteiger partial charge is 0.416 e. The van der Waals surface area contributed by atoms with Crippen molar-refractivity contribution in [1.82, 2.24) is 30.1 Å². The van der Waals surface area contributed by atoms with Gasteiger partial charge in [-0.2, -0.15) is 13.2 Å². The van der Waals surface area contributed by atoms with Crippen LogP contribution in [0.25, 0.3) is 10.9 Å². The minimum atomic E-state index is -4.37. The Morgan fingerprint density at radius 1 is 1.00 bits per heavy atom. The number of fused-ring (bicyclic) bond motifs is 1. The van der Waals surface area contributed by atoms with Crippen molar-refractivity contribution in [3.63, 3.8) is 0 Å². The SMILES string of the molecule is COCCn1nnnc1C(c1ccc2ncccc2c1)N1CCN(c2cccc(C(F)(F)F)c2)CC1. The molecule has 0 spiro atoms. The van der Waals surface area contributed by atoms with Gasteiger partial charge >= 0.3 is 6.18 Å². The number of ether oxygens (including phenoxy) is 1. The molecule has 1 atom stereocenters. The van der Waals surface area contributed by atoms with Gasteiger partial charge in [-0.3, -0.25) is 9.88 Å². The van der Waals surface area contributed by atoms with Crippen molar-refractivity contribution in [3.05, 3.63) is 77.7 Å². The van der Waals surface area contributed by atoms with Gasteiger partial charge in [0.2, 0.25) is 0 Å². The summed E-state index contributed by atoms with van der Waals surface area (Å²) in [4.78, 5) is 8.68. The quantitative estimate of drug-likeness (QED) is 0.385. The molecule has 1 aliphatic rings. The Hall–Kier alpha value is -3.57. The van der Waals surface area contributed by atoms with Crippen molar-refractivity contribution in [2.45, 2.75) is 18.8 Å². The number of hydrogen-bond donors (Lipinski definition) is 0. The van der Waals surface area contributed by atoms with Gasteiger partial charge in [0, 0.05) is 50.6 Å². The van der Waals surface area contributed by atoms with Crippen LogP contribution in [0.4, 0.5) is 18.9 Å². The normalized spacial score (nSPS) is 15.9. The van der Waals surface area contributed by atoms with Crippen LogP contribution < -0.4 is 4.90 Å². The Kier molecular flexibility index (Phi) is 6.84. The number of hydrogen-bond acceptors (Lipinski definition) is 7. The third-order valence-electron chi connectivity index (χ3n) is 6.47. The third kappa shape index (κ3) is 5.02. The zero-order chi connectivity index (χ0) is 25.1. The number of pyridine rings is 1. The highest BCUT2D eigenvalue weighted by atomic mass is 19.4. The first-order chi connectivity index (χ1) is 17.4. The van der Waals surface area contributed by atoms with Crippen LogP contribution >= 0.6 is 0 Å². The first-order valence-electron chi connectivity index (χ1n) is 11.7. The van der Waals surface area contributed by atoms with Crippen molar-refractivity contribution in [3.8, 4) is 0 Å². The van der Waals surface area contributed by atoms with Crippen LogP contribution in [0, 0.1) is 0 Å². The smallest absolute Gasteiger partial charge is 0.383 e. The van der Waals surface area contributed by atoms with Crippen LogP contribution in [-0.4, -0.2) is 70.0 Å². The molecule has 3 heterocycles. The summed E-state index contributed by atoms with van der Waals surface area (Å²) >= 11 is 0. The van der Waals surface area contributed by atoms with Gasteiger partial charge in [-0.1, -0.05) is 18.2 Å². The fourth-order valence-electron chi connectivity index (χ4n) is 4.65. The summed E-state index contributed by atoms with van der Waals surface area (Å²) in [6.07, 6.45) is -2.61. The van der Waals surface area contributed by atoms with E-state index in [4.69, 9.17) is 4.74 Å². The van der Waals surface area contributed by atoms with Crippen LogP contribution in [0.15, 0.2) is 60.8 Å². The van der Waals surface area contributed by atoms with Crippen molar-refractivity contribution in [2.75, 3.05) is 44.8 Å². The molecule has 4 aromatic rings. The van der Waals surface area contributed by atoms with E-state index in [1.54, 1.807) is 24.1 Å². The van der Waals surface area contributed by atoms with Crippen LogP contribution in [-0.2, 0) is 17.5 Å². The van der Waals surface area contributed by atoms with Crippen molar-refractivity contribution >= 4 is 16.6 Å². The van der Waals surface area contributed by atoms with Gasteiger partial charge in [-0.25, -0.2) is 4.68 Å². The van der Waals surface area contributed by atoms with Crippen molar-refractivity contribution in [2.24, 2.45) is 0 Å².